The van der Waals surface area contributed by atoms with Crippen molar-refractivity contribution in [1.82, 2.24) is 19.7 Å². The third-order valence-electron chi connectivity index (χ3n) is 4.70. The molecule has 122 valence electrons. The van der Waals surface area contributed by atoms with Crippen molar-refractivity contribution in [3.05, 3.63) is 11.6 Å². The Labute approximate surface area is 131 Å². The van der Waals surface area contributed by atoms with Crippen LogP contribution in [0, 0.1) is 5.92 Å². The van der Waals surface area contributed by atoms with E-state index in [0.717, 1.165) is 50.7 Å². The lowest BCUT2D eigenvalue weighted by molar-refractivity contribution is -0.138. The number of nitrogens with zero attached hydrogens (tertiary/aromatic N) is 4. The Kier molecular flexibility index (Phi) is 4.47. The summed E-state index contributed by atoms with van der Waals surface area (Å²) < 4.78 is 7.60. The van der Waals surface area contributed by atoms with Gasteiger partial charge in [-0.1, -0.05) is 13.8 Å². The second kappa shape index (κ2) is 6.36. The van der Waals surface area contributed by atoms with Gasteiger partial charge in [-0.15, -0.1) is 10.2 Å². The van der Waals surface area contributed by atoms with E-state index < -0.39 is 0 Å². The predicted octanol–water partition coefficient (Wildman–Crippen LogP) is 2.12. The molecule has 1 atom stereocenters. The summed E-state index contributed by atoms with van der Waals surface area (Å²) in [6, 6.07) is -0.142. The van der Waals surface area contributed by atoms with Gasteiger partial charge in [-0.25, -0.2) is 0 Å². The minimum absolute atomic E-state index is 0.142. The van der Waals surface area contributed by atoms with Gasteiger partial charge in [0.15, 0.2) is 5.82 Å². The molecule has 3 rings (SSSR count). The summed E-state index contributed by atoms with van der Waals surface area (Å²) >= 11 is 0. The lowest BCUT2D eigenvalue weighted by Crippen LogP contribution is -2.43. The number of aromatic nitrogens is 3. The Hall–Kier alpha value is -1.43. The number of amides is 1. The standard InChI is InChI=1S/C16H26N4O2/c1-4-19-10-14-17-18-15(12-5-7-22-8-6-12)20(14)13(16(19)21)9-11(2)3/h11-13H,4-10H2,1-3H3/t13-/m0/s1. The van der Waals surface area contributed by atoms with Crippen molar-refractivity contribution in [3.63, 3.8) is 0 Å². The number of hydrogen-bond donors (Lipinski definition) is 0. The van der Waals surface area contributed by atoms with Gasteiger partial charge in [0.25, 0.3) is 0 Å². The van der Waals surface area contributed by atoms with Gasteiger partial charge < -0.3 is 14.2 Å². The van der Waals surface area contributed by atoms with Crippen LogP contribution in [0.4, 0.5) is 0 Å². The van der Waals surface area contributed by atoms with Crippen LogP contribution in [0.3, 0.4) is 0 Å². The fourth-order valence-corrected chi connectivity index (χ4v) is 3.51. The molecule has 0 spiro atoms. The predicted molar refractivity (Wildman–Crippen MR) is 82.4 cm³/mol. The largest absolute Gasteiger partial charge is 0.381 e. The Bertz CT molecular complexity index is 534. The molecule has 0 aliphatic carbocycles. The molecule has 1 amide bonds. The highest BCUT2D eigenvalue weighted by atomic mass is 16.5. The fourth-order valence-electron chi connectivity index (χ4n) is 3.51. The van der Waals surface area contributed by atoms with E-state index in [-0.39, 0.29) is 11.9 Å². The average Bonchev–Trinajstić information content (AvgIpc) is 2.94. The number of carbonyl (C=O) groups is 1. The topological polar surface area (TPSA) is 60.2 Å². The lowest BCUT2D eigenvalue weighted by atomic mass is 9.96. The van der Waals surface area contributed by atoms with Crippen LogP contribution in [-0.2, 0) is 16.1 Å². The first-order valence-electron chi connectivity index (χ1n) is 8.42. The summed E-state index contributed by atoms with van der Waals surface area (Å²) in [5.74, 6) is 2.98. The van der Waals surface area contributed by atoms with E-state index >= 15 is 0 Å². The fraction of sp³-hybridized carbons (Fsp3) is 0.812. The highest BCUT2D eigenvalue weighted by Crippen LogP contribution is 2.33. The highest BCUT2D eigenvalue weighted by Gasteiger charge is 2.37. The number of hydrogen-bond acceptors (Lipinski definition) is 4. The number of carbonyl (C=O) groups excluding carboxylic acids is 1. The minimum atomic E-state index is -0.142. The first-order valence-corrected chi connectivity index (χ1v) is 8.42. The second-order valence-corrected chi connectivity index (χ2v) is 6.73. The molecule has 1 fully saturated rings. The minimum Gasteiger partial charge on any atom is -0.381 e. The first kappa shape index (κ1) is 15.5. The molecule has 2 aliphatic rings. The zero-order chi connectivity index (χ0) is 15.7. The van der Waals surface area contributed by atoms with Crippen LogP contribution in [0.2, 0.25) is 0 Å². The van der Waals surface area contributed by atoms with Crippen LogP contribution in [0.25, 0.3) is 0 Å². The van der Waals surface area contributed by atoms with E-state index in [2.05, 4.69) is 28.6 Å². The smallest absolute Gasteiger partial charge is 0.246 e. The molecule has 6 heteroatoms. The lowest BCUT2D eigenvalue weighted by Gasteiger charge is -2.35. The molecular formula is C16H26N4O2. The summed E-state index contributed by atoms with van der Waals surface area (Å²) in [7, 11) is 0. The van der Waals surface area contributed by atoms with E-state index in [0.29, 0.717) is 18.4 Å². The maximum Gasteiger partial charge on any atom is 0.246 e. The van der Waals surface area contributed by atoms with Gasteiger partial charge in [0.1, 0.15) is 11.9 Å². The Morgan fingerprint density at radius 2 is 2.00 bits per heavy atom. The summed E-state index contributed by atoms with van der Waals surface area (Å²) in [4.78, 5) is 14.7. The summed E-state index contributed by atoms with van der Waals surface area (Å²) in [6.07, 6.45) is 2.78. The normalized spacial score (nSPS) is 23.2. The van der Waals surface area contributed by atoms with E-state index in [1.807, 2.05) is 11.8 Å². The maximum atomic E-state index is 12.8. The Morgan fingerprint density at radius 1 is 1.27 bits per heavy atom. The molecule has 0 N–H and O–H groups in total. The van der Waals surface area contributed by atoms with Crippen molar-refractivity contribution in [2.45, 2.75) is 58.5 Å². The van der Waals surface area contributed by atoms with E-state index in [1.165, 1.54) is 0 Å². The van der Waals surface area contributed by atoms with Gasteiger partial charge in [-0.05, 0) is 32.1 Å². The molecule has 3 heterocycles. The molecule has 2 aliphatic heterocycles. The molecule has 0 saturated carbocycles. The number of rotatable bonds is 4. The summed E-state index contributed by atoms with van der Waals surface area (Å²) in [5, 5.41) is 8.86. The van der Waals surface area contributed by atoms with Crippen LogP contribution < -0.4 is 0 Å². The van der Waals surface area contributed by atoms with Crippen molar-refractivity contribution < 1.29 is 9.53 Å². The summed E-state index contributed by atoms with van der Waals surface area (Å²) in [5.41, 5.74) is 0. The van der Waals surface area contributed by atoms with Gasteiger partial charge in [0.05, 0.1) is 6.54 Å². The number of likely N-dealkylation sites (N-methyl/N-ethyl adjacent to an activating group) is 1. The van der Waals surface area contributed by atoms with Crippen LogP contribution in [0.1, 0.15) is 63.6 Å². The van der Waals surface area contributed by atoms with E-state index in [4.69, 9.17) is 4.74 Å². The molecule has 0 unspecified atom stereocenters. The van der Waals surface area contributed by atoms with Gasteiger partial charge in [0.2, 0.25) is 5.91 Å². The maximum absolute atomic E-state index is 12.8. The van der Waals surface area contributed by atoms with Gasteiger partial charge in [-0.2, -0.15) is 0 Å². The Balaban J connectivity index is 1.97. The van der Waals surface area contributed by atoms with Crippen LogP contribution in [0.5, 0.6) is 0 Å². The monoisotopic (exact) mass is 306 g/mol. The average molecular weight is 306 g/mol. The molecule has 22 heavy (non-hydrogen) atoms. The number of ether oxygens (including phenoxy) is 1. The first-order chi connectivity index (χ1) is 10.6. The molecule has 0 aromatic carbocycles. The quantitative estimate of drug-likeness (QED) is 0.855. The molecule has 1 aromatic rings. The zero-order valence-electron chi connectivity index (χ0n) is 13.8. The van der Waals surface area contributed by atoms with Crippen molar-refractivity contribution >= 4 is 5.91 Å². The van der Waals surface area contributed by atoms with Crippen LogP contribution in [-0.4, -0.2) is 45.3 Å². The molecule has 1 saturated heterocycles. The van der Waals surface area contributed by atoms with E-state index in [9.17, 15) is 4.79 Å². The molecule has 1 aromatic heterocycles. The Morgan fingerprint density at radius 3 is 2.64 bits per heavy atom. The second-order valence-electron chi connectivity index (χ2n) is 6.73. The SMILES string of the molecule is CCN1Cc2nnc(C3CCOCC3)n2[C@@H](CC(C)C)C1=O. The molecule has 0 bridgehead atoms. The van der Waals surface area contributed by atoms with Crippen LogP contribution >= 0.6 is 0 Å². The van der Waals surface area contributed by atoms with Crippen molar-refractivity contribution in [2.75, 3.05) is 19.8 Å². The molecule has 6 nitrogen and oxygen atoms in total. The van der Waals surface area contributed by atoms with Crippen molar-refractivity contribution in [3.8, 4) is 0 Å². The van der Waals surface area contributed by atoms with Gasteiger partial charge in [-0.3, -0.25) is 4.79 Å². The zero-order valence-corrected chi connectivity index (χ0v) is 13.8. The molecule has 0 radical (unpaired) electrons. The number of fused-ring (bicyclic) bond motifs is 1. The van der Waals surface area contributed by atoms with Crippen molar-refractivity contribution in [2.24, 2.45) is 5.92 Å². The summed E-state index contributed by atoms with van der Waals surface area (Å²) in [6.45, 7) is 9.21. The van der Waals surface area contributed by atoms with Crippen molar-refractivity contribution in [1.29, 1.82) is 0 Å². The third-order valence-corrected chi connectivity index (χ3v) is 4.70. The highest BCUT2D eigenvalue weighted by molar-refractivity contribution is 5.81. The third kappa shape index (κ3) is 2.76. The van der Waals surface area contributed by atoms with E-state index in [1.54, 1.807) is 0 Å². The van der Waals surface area contributed by atoms with Crippen LogP contribution in [0.15, 0.2) is 0 Å². The van der Waals surface area contributed by atoms with Gasteiger partial charge in [0, 0.05) is 25.7 Å². The molecular weight excluding hydrogens is 280 g/mol. The van der Waals surface area contributed by atoms with Gasteiger partial charge >= 0.3 is 0 Å².